The minimum atomic E-state index is 0.0534. The van der Waals surface area contributed by atoms with Crippen LogP contribution in [0.5, 0.6) is 0 Å². The topological polar surface area (TPSA) is 75.2 Å². The van der Waals surface area contributed by atoms with E-state index in [0.29, 0.717) is 25.7 Å². The first-order chi connectivity index (χ1) is 9.13. The number of methoxy groups -OCH3 is 1. The van der Waals surface area contributed by atoms with Gasteiger partial charge in [0.1, 0.15) is 12.2 Å². The number of nitrogens with zero attached hydrogens (tertiary/aromatic N) is 3. The van der Waals surface area contributed by atoms with Crippen LogP contribution in [0, 0.1) is 5.92 Å². The molecule has 0 saturated heterocycles. The molecule has 1 heterocycles. The van der Waals surface area contributed by atoms with Crippen LogP contribution in [-0.4, -0.2) is 47.7 Å². The van der Waals surface area contributed by atoms with Crippen LogP contribution in [0.25, 0.3) is 0 Å². The highest BCUT2D eigenvalue weighted by Crippen LogP contribution is 2.05. The molecule has 2 N–H and O–H groups in total. The van der Waals surface area contributed by atoms with Gasteiger partial charge in [0.2, 0.25) is 0 Å². The Labute approximate surface area is 115 Å². The molecule has 0 bridgehead atoms. The van der Waals surface area contributed by atoms with Crippen molar-refractivity contribution in [2.75, 3.05) is 26.9 Å². The monoisotopic (exact) mass is 270 g/mol. The zero-order valence-corrected chi connectivity index (χ0v) is 12.2. The lowest BCUT2D eigenvalue weighted by Crippen LogP contribution is -2.27. The Morgan fingerprint density at radius 1 is 1.32 bits per heavy atom. The van der Waals surface area contributed by atoms with Crippen LogP contribution in [0.2, 0.25) is 0 Å². The highest BCUT2D eigenvalue weighted by atomic mass is 16.5. The van der Waals surface area contributed by atoms with Gasteiger partial charge in [0, 0.05) is 32.7 Å². The second kappa shape index (κ2) is 9.01. The molecule has 1 atom stereocenters. The Kier molecular flexibility index (Phi) is 7.62. The van der Waals surface area contributed by atoms with E-state index in [1.54, 1.807) is 13.4 Å². The lowest BCUT2D eigenvalue weighted by molar-refractivity contribution is 0.0671. The molecule has 0 spiro atoms. The maximum absolute atomic E-state index is 6.09. The predicted molar refractivity (Wildman–Crippen MR) is 73.9 cm³/mol. The zero-order valence-electron chi connectivity index (χ0n) is 12.2. The predicted octanol–water partition coefficient (Wildman–Crippen LogP) is 0.857. The summed E-state index contributed by atoms with van der Waals surface area (Å²) in [6.07, 6.45) is 3.15. The molecule has 1 aromatic rings. The molecule has 1 aromatic heterocycles. The number of hydrogen-bond acceptors (Lipinski definition) is 5. The summed E-state index contributed by atoms with van der Waals surface area (Å²) in [5, 5.41) is 4.23. The molecule has 0 aliphatic heterocycles. The van der Waals surface area contributed by atoms with Crippen molar-refractivity contribution in [2.45, 2.75) is 39.3 Å². The Hall–Kier alpha value is -0.980. The van der Waals surface area contributed by atoms with Gasteiger partial charge in [0.25, 0.3) is 0 Å². The molecule has 110 valence electrons. The fourth-order valence-corrected chi connectivity index (χ4v) is 1.76. The first-order valence-corrected chi connectivity index (χ1v) is 6.82. The van der Waals surface area contributed by atoms with Crippen LogP contribution in [0.15, 0.2) is 6.33 Å². The SMILES string of the molecule is COCCOCCC(N)Cc1ncnn1CC(C)C. The van der Waals surface area contributed by atoms with Gasteiger partial charge in [0.05, 0.1) is 13.2 Å². The second-order valence-electron chi connectivity index (χ2n) is 5.11. The van der Waals surface area contributed by atoms with Crippen LogP contribution in [0.3, 0.4) is 0 Å². The molecular formula is C13H26N4O2. The van der Waals surface area contributed by atoms with Crippen LogP contribution in [-0.2, 0) is 22.4 Å². The third-order valence-electron chi connectivity index (χ3n) is 2.74. The fraction of sp³-hybridized carbons (Fsp3) is 0.846. The summed E-state index contributed by atoms with van der Waals surface area (Å²) in [5.41, 5.74) is 6.09. The van der Waals surface area contributed by atoms with Gasteiger partial charge < -0.3 is 15.2 Å². The van der Waals surface area contributed by atoms with Crippen molar-refractivity contribution in [3.63, 3.8) is 0 Å². The average Bonchev–Trinajstić information content (AvgIpc) is 2.75. The minimum absolute atomic E-state index is 0.0534. The molecule has 0 aromatic carbocycles. The first-order valence-electron chi connectivity index (χ1n) is 6.82. The van der Waals surface area contributed by atoms with Gasteiger partial charge >= 0.3 is 0 Å². The van der Waals surface area contributed by atoms with E-state index in [9.17, 15) is 0 Å². The van der Waals surface area contributed by atoms with Gasteiger partial charge in [-0.25, -0.2) is 9.67 Å². The number of nitrogens with two attached hydrogens (primary N) is 1. The van der Waals surface area contributed by atoms with Crippen molar-refractivity contribution >= 4 is 0 Å². The van der Waals surface area contributed by atoms with Crippen molar-refractivity contribution in [1.82, 2.24) is 14.8 Å². The normalized spacial score (nSPS) is 13.1. The lowest BCUT2D eigenvalue weighted by Gasteiger charge is -2.13. The first kappa shape index (κ1) is 16.1. The van der Waals surface area contributed by atoms with E-state index in [0.717, 1.165) is 25.2 Å². The summed E-state index contributed by atoms with van der Waals surface area (Å²) in [6.45, 7) is 7.10. The van der Waals surface area contributed by atoms with Crippen molar-refractivity contribution < 1.29 is 9.47 Å². The van der Waals surface area contributed by atoms with Gasteiger partial charge in [-0.3, -0.25) is 0 Å². The molecular weight excluding hydrogens is 244 g/mol. The molecule has 0 amide bonds. The molecule has 6 heteroatoms. The summed E-state index contributed by atoms with van der Waals surface area (Å²) in [7, 11) is 1.66. The van der Waals surface area contributed by atoms with Gasteiger partial charge in [0.15, 0.2) is 0 Å². The Balaban J connectivity index is 2.27. The third-order valence-corrected chi connectivity index (χ3v) is 2.74. The van der Waals surface area contributed by atoms with E-state index in [4.69, 9.17) is 15.2 Å². The Bertz CT molecular complexity index is 341. The van der Waals surface area contributed by atoms with E-state index in [-0.39, 0.29) is 6.04 Å². The van der Waals surface area contributed by atoms with Gasteiger partial charge in [-0.1, -0.05) is 13.8 Å². The smallest absolute Gasteiger partial charge is 0.138 e. The third kappa shape index (κ3) is 6.66. The van der Waals surface area contributed by atoms with E-state index < -0.39 is 0 Å². The summed E-state index contributed by atoms with van der Waals surface area (Å²) in [4.78, 5) is 4.28. The average molecular weight is 270 g/mol. The fourth-order valence-electron chi connectivity index (χ4n) is 1.76. The highest BCUT2D eigenvalue weighted by Gasteiger charge is 2.11. The van der Waals surface area contributed by atoms with Gasteiger partial charge in [-0.05, 0) is 12.3 Å². The molecule has 0 fully saturated rings. The van der Waals surface area contributed by atoms with Crippen molar-refractivity contribution in [3.8, 4) is 0 Å². The number of rotatable bonds is 10. The lowest BCUT2D eigenvalue weighted by atomic mass is 10.1. The molecule has 0 aliphatic carbocycles. The van der Waals surface area contributed by atoms with Crippen LogP contribution in [0.4, 0.5) is 0 Å². The summed E-state index contributed by atoms with van der Waals surface area (Å²) in [5.74, 6) is 1.51. The molecule has 0 radical (unpaired) electrons. The van der Waals surface area contributed by atoms with Crippen LogP contribution < -0.4 is 5.73 Å². The maximum Gasteiger partial charge on any atom is 0.138 e. The summed E-state index contributed by atoms with van der Waals surface area (Å²) < 4.78 is 12.3. The van der Waals surface area contributed by atoms with E-state index >= 15 is 0 Å². The molecule has 0 saturated carbocycles. The van der Waals surface area contributed by atoms with Crippen LogP contribution in [0.1, 0.15) is 26.1 Å². The van der Waals surface area contributed by atoms with E-state index in [1.807, 2.05) is 4.68 Å². The van der Waals surface area contributed by atoms with Gasteiger partial charge in [-0.2, -0.15) is 5.10 Å². The molecule has 0 aliphatic rings. The van der Waals surface area contributed by atoms with E-state index in [1.165, 1.54) is 0 Å². The summed E-state index contributed by atoms with van der Waals surface area (Å²) in [6, 6.07) is 0.0534. The summed E-state index contributed by atoms with van der Waals surface area (Å²) >= 11 is 0. The number of aromatic nitrogens is 3. The maximum atomic E-state index is 6.09. The van der Waals surface area contributed by atoms with Crippen molar-refractivity contribution in [1.29, 1.82) is 0 Å². The Morgan fingerprint density at radius 3 is 2.79 bits per heavy atom. The molecule has 19 heavy (non-hydrogen) atoms. The zero-order chi connectivity index (χ0) is 14.1. The second-order valence-corrected chi connectivity index (χ2v) is 5.11. The standard InChI is InChI=1S/C13H26N4O2/c1-11(2)9-17-13(15-10-16-17)8-12(14)4-5-19-7-6-18-3/h10-12H,4-9,14H2,1-3H3. The number of ether oxygens (including phenoxy) is 2. The van der Waals surface area contributed by atoms with Gasteiger partial charge in [-0.15, -0.1) is 0 Å². The minimum Gasteiger partial charge on any atom is -0.382 e. The molecule has 1 unspecified atom stereocenters. The van der Waals surface area contributed by atoms with Crippen molar-refractivity contribution in [2.24, 2.45) is 11.7 Å². The van der Waals surface area contributed by atoms with Crippen molar-refractivity contribution in [3.05, 3.63) is 12.2 Å². The quantitative estimate of drug-likeness (QED) is 0.638. The van der Waals surface area contributed by atoms with E-state index in [2.05, 4.69) is 23.9 Å². The van der Waals surface area contributed by atoms with Crippen LogP contribution >= 0.6 is 0 Å². The Morgan fingerprint density at radius 2 is 2.11 bits per heavy atom. The number of hydrogen-bond donors (Lipinski definition) is 1. The molecule has 6 nitrogen and oxygen atoms in total. The highest BCUT2D eigenvalue weighted by molar-refractivity contribution is 4.89. The largest absolute Gasteiger partial charge is 0.382 e. The molecule has 1 rings (SSSR count).